The van der Waals surface area contributed by atoms with Gasteiger partial charge in [0.1, 0.15) is 0 Å². The molecule has 0 aromatic heterocycles. The Kier molecular flexibility index (Phi) is 6.04. The van der Waals surface area contributed by atoms with Gasteiger partial charge in [-0.25, -0.2) is 8.42 Å². The summed E-state index contributed by atoms with van der Waals surface area (Å²) in [6.07, 6.45) is 0.807. The van der Waals surface area contributed by atoms with Crippen LogP contribution in [0.25, 0.3) is 0 Å². The fourth-order valence-electron chi connectivity index (χ4n) is 2.98. The van der Waals surface area contributed by atoms with E-state index < -0.39 is 10.0 Å². The minimum Gasteiger partial charge on any atom is -0.493 e. The quantitative estimate of drug-likeness (QED) is 0.559. The third-order valence-electron chi connectivity index (χ3n) is 4.52. The summed E-state index contributed by atoms with van der Waals surface area (Å²) >= 11 is 5.82. The molecule has 0 aliphatic carbocycles. The number of halogens is 1. The largest absolute Gasteiger partial charge is 0.493 e. The van der Waals surface area contributed by atoms with Crippen LogP contribution in [0.5, 0.6) is 11.5 Å². The van der Waals surface area contributed by atoms with Crippen LogP contribution >= 0.6 is 11.6 Å². The van der Waals surface area contributed by atoms with Gasteiger partial charge in [-0.15, -0.1) is 0 Å². The van der Waals surface area contributed by atoms with Gasteiger partial charge in [-0.05, 0) is 49.2 Å². The molecule has 0 amide bonds. The molecule has 1 saturated heterocycles. The van der Waals surface area contributed by atoms with Gasteiger partial charge >= 0.3 is 5.97 Å². The number of piperidine rings is 1. The van der Waals surface area contributed by atoms with Gasteiger partial charge in [0.15, 0.2) is 11.5 Å². The van der Waals surface area contributed by atoms with E-state index in [9.17, 15) is 13.2 Å². The van der Waals surface area contributed by atoms with Crippen molar-refractivity contribution in [2.24, 2.45) is 5.92 Å². The zero-order chi connectivity index (χ0) is 19.4. The number of ether oxygens (including phenoxy) is 2. The van der Waals surface area contributed by atoms with Crippen molar-refractivity contribution in [3.63, 3.8) is 0 Å². The van der Waals surface area contributed by atoms with Crippen LogP contribution in [0.2, 0.25) is 5.02 Å². The molecule has 144 valence electrons. The van der Waals surface area contributed by atoms with Gasteiger partial charge in [-0.1, -0.05) is 23.7 Å². The molecule has 0 N–H and O–H groups in total. The zero-order valence-electron chi connectivity index (χ0n) is 14.8. The number of benzene rings is 2. The van der Waals surface area contributed by atoms with Crippen molar-refractivity contribution in [3.05, 3.63) is 53.6 Å². The number of para-hydroxylation sites is 2. The first-order valence-electron chi connectivity index (χ1n) is 8.52. The van der Waals surface area contributed by atoms with Crippen molar-refractivity contribution in [2.75, 3.05) is 20.2 Å². The average Bonchev–Trinajstić information content (AvgIpc) is 2.69. The minimum atomic E-state index is -3.59. The maximum atomic E-state index is 12.7. The predicted octanol–water partition coefficient (Wildman–Crippen LogP) is 3.35. The van der Waals surface area contributed by atoms with E-state index in [1.807, 2.05) is 0 Å². The first-order chi connectivity index (χ1) is 12.9. The van der Waals surface area contributed by atoms with Crippen LogP contribution in [0.4, 0.5) is 0 Å². The van der Waals surface area contributed by atoms with E-state index in [1.165, 1.54) is 23.5 Å². The second-order valence-electron chi connectivity index (χ2n) is 6.20. The SMILES string of the molecule is COc1ccccc1OC(=O)C1CCN(S(=O)(=O)c2ccc(Cl)cc2)CC1. The Balaban J connectivity index is 1.63. The molecule has 1 heterocycles. The summed E-state index contributed by atoms with van der Waals surface area (Å²) in [5.74, 6) is 0.115. The topological polar surface area (TPSA) is 72.9 Å². The van der Waals surface area contributed by atoms with Gasteiger partial charge in [0.25, 0.3) is 0 Å². The summed E-state index contributed by atoms with van der Waals surface area (Å²) in [4.78, 5) is 12.6. The van der Waals surface area contributed by atoms with Crippen molar-refractivity contribution in [3.8, 4) is 11.5 Å². The molecule has 2 aromatic carbocycles. The summed E-state index contributed by atoms with van der Waals surface area (Å²) in [5.41, 5.74) is 0. The number of rotatable bonds is 5. The van der Waals surface area contributed by atoms with E-state index in [-0.39, 0.29) is 29.9 Å². The van der Waals surface area contributed by atoms with E-state index in [1.54, 1.807) is 36.4 Å². The van der Waals surface area contributed by atoms with E-state index in [0.717, 1.165) is 0 Å². The summed E-state index contributed by atoms with van der Waals surface area (Å²) < 4.78 is 37.4. The van der Waals surface area contributed by atoms with Gasteiger partial charge in [-0.3, -0.25) is 4.79 Å². The number of hydrogen-bond donors (Lipinski definition) is 0. The van der Waals surface area contributed by atoms with Gasteiger partial charge < -0.3 is 9.47 Å². The van der Waals surface area contributed by atoms with Crippen LogP contribution in [-0.2, 0) is 14.8 Å². The van der Waals surface area contributed by atoms with Gasteiger partial charge in [0.2, 0.25) is 10.0 Å². The molecule has 0 unspecified atom stereocenters. The molecule has 0 bridgehead atoms. The standard InChI is InChI=1S/C19H20ClNO5S/c1-25-17-4-2-3-5-18(17)26-19(22)14-10-12-21(13-11-14)27(23,24)16-8-6-15(20)7-9-16/h2-9,14H,10-13H2,1H3. The summed E-state index contributed by atoms with van der Waals surface area (Å²) in [7, 11) is -2.09. The lowest BCUT2D eigenvalue weighted by molar-refractivity contribution is -0.140. The maximum absolute atomic E-state index is 12.7. The Labute approximate surface area is 163 Å². The summed E-state index contributed by atoms with van der Waals surface area (Å²) in [5, 5.41) is 0.478. The molecule has 0 atom stereocenters. The lowest BCUT2D eigenvalue weighted by atomic mass is 9.98. The molecular weight excluding hydrogens is 390 g/mol. The molecule has 8 heteroatoms. The molecule has 6 nitrogen and oxygen atoms in total. The summed E-state index contributed by atoms with van der Waals surface area (Å²) in [6, 6.07) is 13.0. The van der Waals surface area contributed by atoms with Crippen LogP contribution in [-0.4, -0.2) is 38.9 Å². The van der Waals surface area contributed by atoms with Crippen molar-refractivity contribution in [1.29, 1.82) is 0 Å². The van der Waals surface area contributed by atoms with Crippen molar-refractivity contribution in [1.82, 2.24) is 4.31 Å². The highest BCUT2D eigenvalue weighted by Gasteiger charge is 2.33. The van der Waals surface area contributed by atoms with Crippen LogP contribution in [0.3, 0.4) is 0 Å². The Bertz CT molecular complexity index is 906. The first-order valence-corrected chi connectivity index (χ1v) is 10.3. The number of carbonyl (C=O) groups excluding carboxylic acids is 1. The third-order valence-corrected chi connectivity index (χ3v) is 6.68. The Morgan fingerprint density at radius 3 is 2.22 bits per heavy atom. The number of methoxy groups -OCH3 is 1. The van der Waals surface area contributed by atoms with Gasteiger partial charge in [-0.2, -0.15) is 4.31 Å². The molecule has 1 aliphatic rings. The smallest absolute Gasteiger partial charge is 0.314 e. The van der Waals surface area contributed by atoms with Gasteiger partial charge in [0, 0.05) is 18.1 Å². The second kappa shape index (κ2) is 8.29. The zero-order valence-corrected chi connectivity index (χ0v) is 16.4. The molecule has 1 aliphatic heterocycles. The number of esters is 1. The van der Waals surface area contributed by atoms with E-state index >= 15 is 0 Å². The average molecular weight is 410 g/mol. The number of sulfonamides is 1. The lowest BCUT2D eigenvalue weighted by Crippen LogP contribution is -2.41. The molecular formula is C19H20ClNO5S. The first kappa shape index (κ1) is 19.7. The molecule has 0 radical (unpaired) electrons. The van der Waals surface area contributed by atoms with Crippen molar-refractivity contribution in [2.45, 2.75) is 17.7 Å². The van der Waals surface area contributed by atoms with Crippen LogP contribution < -0.4 is 9.47 Å². The van der Waals surface area contributed by atoms with E-state index in [0.29, 0.717) is 29.4 Å². The Morgan fingerprint density at radius 1 is 1.04 bits per heavy atom. The highest BCUT2D eigenvalue weighted by Crippen LogP contribution is 2.29. The van der Waals surface area contributed by atoms with Gasteiger partial charge in [0.05, 0.1) is 17.9 Å². The fourth-order valence-corrected chi connectivity index (χ4v) is 4.58. The second-order valence-corrected chi connectivity index (χ2v) is 8.58. The van der Waals surface area contributed by atoms with E-state index in [2.05, 4.69) is 0 Å². The lowest BCUT2D eigenvalue weighted by Gasteiger charge is -2.30. The highest BCUT2D eigenvalue weighted by atomic mass is 35.5. The maximum Gasteiger partial charge on any atom is 0.314 e. The Hall–Kier alpha value is -2.09. The van der Waals surface area contributed by atoms with Crippen molar-refractivity contribution >= 4 is 27.6 Å². The third kappa shape index (κ3) is 4.43. The van der Waals surface area contributed by atoms with Crippen LogP contribution in [0, 0.1) is 5.92 Å². The Morgan fingerprint density at radius 2 is 1.63 bits per heavy atom. The van der Waals surface area contributed by atoms with Crippen LogP contribution in [0.1, 0.15) is 12.8 Å². The monoisotopic (exact) mass is 409 g/mol. The van der Waals surface area contributed by atoms with Crippen molar-refractivity contribution < 1.29 is 22.7 Å². The number of nitrogens with zero attached hydrogens (tertiary/aromatic N) is 1. The number of carbonyl (C=O) groups is 1. The molecule has 0 spiro atoms. The van der Waals surface area contributed by atoms with E-state index in [4.69, 9.17) is 21.1 Å². The minimum absolute atomic E-state index is 0.196. The molecule has 0 saturated carbocycles. The highest BCUT2D eigenvalue weighted by molar-refractivity contribution is 7.89. The molecule has 3 rings (SSSR count). The summed E-state index contributed by atoms with van der Waals surface area (Å²) in [6.45, 7) is 0.521. The number of hydrogen-bond acceptors (Lipinski definition) is 5. The molecule has 2 aromatic rings. The molecule has 1 fully saturated rings. The fraction of sp³-hybridized carbons (Fsp3) is 0.316. The normalized spacial score (nSPS) is 16.1. The van der Waals surface area contributed by atoms with Crippen LogP contribution in [0.15, 0.2) is 53.4 Å². The predicted molar refractivity (Wildman–Crippen MR) is 102 cm³/mol. The molecule has 27 heavy (non-hydrogen) atoms.